The lowest BCUT2D eigenvalue weighted by atomic mass is 9.97. The molecule has 1 aliphatic heterocycles. The first-order valence-electron chi connectivity index (χ1n) is 6.18. The second kappa shape index (κ2) is 3.68. The smallest absolute Gasteiger partial charge is 0.141 e. The highest BCUT2D eigenvalue weighted by molar-refractivity contribution is 6.00. The van der Waals surface area contributed by atoms with Crippen molar-refractivity contribution in [3.05, 3.63) is 23.5 Å². The Morgan fingerprint density at radius 3 is 2.78 bits per heavy atom. The quantitative estimate of drug-likeness (QED) is 0.528. The van der Waals surface area contributed by atoms with Gasteiger partial charge in [0.25, 0.3) is 0 Å². The molecule has 0 saturated heterocycles. The van der Waals surface area contributed by atoms with Gasteiger partial charge in [0.2, 0.25) is 0 Å². The number of anilines is 1. The zero-order chi connectivity index (χ0) is 12.9. The summed E-state index contributed by atoms with van der Waals surface area (Å²) in [6.07, 6.45) is 2.22. The van der Waals surface area contributed by atoms with Crippen molar-refractivity contribution in [1.29, 1.82) is 0 Å². The third kappa shape index (κ3) is 1.75. The summed E-state index contributed by atoms with van der Waals surface area (Å²) in [6.45, 7) is 3.91. The second-order valence-corrected chi connectivity index (χ2v) is 5.52. The van der Waals surface area contributed by atoms with Crippen molar-refractivity contribution < 1.29 is 4.39 Å². The summed E-state index contributed by atoms with van der Waals surface area (Å²) >= 11 is 0. The van der Waals surface area contributed by atoms with Crippen molar-refractivity contribution in [2.75, 3.05) is 5.32 Å². The number of aliphatic imine (C=N–C) groups is 1. The van der Waals surface area contributed by atoms with Gasteiger partial charge in [0.1, 0.15) is 11.7 Å². The van der Waals surface area contributed by atoms with Crippen LogP contribution < -0.4 is 16.6 Å². The molecule has 96 valence electrons. The molecule has 1 aromatic carbocycles. The fourth-order valence-corrected chi connectivity index (χ4v) is 2.41. The summed E-state index contributed by atoms with van der Waals surface area (Å²) in [4.78, 5) is 4.57. The number of hydrogen-bond acceptors (Lipinski definition) is 4. The van der Waals surface area contributed by atoms with Crippen LogP contribution in [0.5, 0.6) is 0 Å². The van der Waals surface area contributed by atoms with Gasteiger partial charge in [-0.1, -0.05) is 0 Å². The van der Waals surface area contributed by atoms with Crippen molar-refractivity contribution in [2.45, 2.75) is 38.1 Å². The van der Waals surface area contributed by atoms with Gasteiger partial charge in [0, 0.05) is 0 Å². The van der Waals surface area contributed by atoms with Crippen LogP contribution >= 0.6 is 0 Å². The van der Waals surface area contributed by atoms with Gasteiger partial charge in [0.05, 0.1) is 16.9 Å². The Kier molecular flexibility index (Phi) is 2.35. The second-order valence-electron chi connectivity index (χ2n) is 5.52. The lowest BCUT2D eigenvalue weighted by Crippen LogP contribution is -2.51. The van der Waals surface area contributed by atoms with E-state index in [1.807, 2.05) is 13.8 Å². The zero-order valence-electron chi connectivity index (χ0n) is 10.5. The summed E-state index contributed by atoms with van der Waals surface area (Å²) < 4.78 is 13.6. The third-order valence-corrected chi connectivity index (χ3v) is 3.52. The molecule has 0 aromatic heterocycles. The average Bonchev–Trinajstić information content (AvgIpc) is 3.09. The normalized spacial score (nSPS) is 20.8. The van der Waals surface area contributed by atoms with E-state index in [4.69, 9.17) is 5.84 Å². The monoisotopic (exact) mass is 248 g/mol. The summed E-state index contributed by atoms with van der Waals surface area (Å²) in [5, 5.41) is 3.29. The van der Waals surface area contributed by atoms with Crippen molar-refractivity contribution in [1.82, 2.24) is 5.43 Å². The number of nitrogens with zero attached hydrogens (tertiary/aromatic N) is 1. The molecule has 5 heteroatoms. The van der Waals surface area contributed by atoms with Gasteiger partial charge in [-0.2, -0.15) is 0 Å². The standard InChI is InChI=1S/C13H17FN4/c1-13(2)12(18-15)16-11-9(7-3-4-7)5-8(14)6-10(11)17-13/h5-7,17H,3-4,15H2,1-2H3,(H,16,18). The molecule has 1 aromatic rings. The molecule has 0 amide bonds. The summed E-state index contributed by atoms with van der Waals surface area (Å²) in [5.41, 5.74) is 4.77. The zero-order valence-corrected chi connectivity index (χ0v) is 10.5. The maximum atomic E-state index is 13.6. The van der Waals surface area contributed by atoms with E-state index in [0.717, 1.165) is 29.8 Å². The minimum absolute atomic E-state index is 0.210. The Hall–Kier alpha value is -1.62. The maximum Gasteiger partial charge on any atom is 0.141 e. The molecule has 0 atom stereocenters. The molecule has 1 heterocycles. The van der Waals surface area contributed by atoms with Crippen LogP contribution in [0.1, 0.15) is 38.2 Å². The molecule has 3 rings (SSSR count). The molecule has 1 aliphatic carbocycles. The van der Waals surface area contributed by atoms with Crippen molar-refractivity contribution in [3.63, 3.8) is 0 Å². The van der Waals surface area contributed by atoms with Gasteiger partial charge in [-0.05, 0) is 50.3 Å². The van der Waals surface area contributed by atoms with Crippen LogP contribution in [0.3, 0.4) is 0 Å². The van der Waals surface area contributed by atoms with Crippen LogP contribution in [-0.2, 0) is 0 Å². The van der Waals surface area contributed by atoms with E-state index >= 15 is 0 Å². The molecule has 1 saturated carbocycles. The molecule has 4 nitrogen and oxygen atoms in total. The van der Waals surface area contributed by atoms with Crippen LogP contribution in [-0.4, -0.2) is 11.4 Å². The maximum absolute atomic E-state index is 13.6. The molecule has 0 bridgehead atoms. The fraction of sp³-hybridized carbons (Fsp3) is 0.462. The topological polar surface area (TPSA) is 62.4 Å². The number of nitrogens with one attached hydrogen (secondary N) is 2. The van der Waals surface area contributed by atoms with Gasteiger partial charge >= 0.3 is 0 Å². The first-order valence-corrected chi connectivity index (χ1v) is 6.18. The largest absolute Gasteiger partial charge is 0.371 e. The van der Waals surface area contributed by atoms with Crippen molar-refractivity contribution >= 4 is 17.2 Å². The Morgan fingerprint density at radius 2 is 2.17 bits per heavy atom. The number of fused-ring (bicyclic) bond motifs is 1. The molecule has 0 radical (unpaired) electrons. The number of benzene rings is 1. The number of nitrogens with two attached hydrogens (primary N) is 1. The summed E-state index contributed by atoms with van der Waals surface area (Å²) in [7, 11) is 0. The number of halogens is 1. The van der Waals surface area contributed by atoms with Crippen LogP contribution in [0.4, 0.5) is 15.8 Å². The van der Waals surface area contributed by atoms with Crippen molar-refractivity contribution in [3.8, 4) is 0 Å². The van der Waals surface area contributed by atoms with Gasteiger partial charge in [-0.15, -0.1) is 0 Å². The molecule has 2 aliphatic rings. The lowest BCUT2D eigenvalue weighted by molar-refractivity contribution is 0.623. The average molecular weight is 248 g/mol. The molecular weight excluding hydrogens is 231 g/mol. The number of rotatable bonds is 1. The van der Waals surface area contributed by atoms with E-state index in [0.29, 0.717) is 11.8 Å². The molecular formula is C13H17FN4. The highest BCUT2D eigenvalue weighted by Gasteiger charge is 2.34. The lowest BCUT2D eigenvalue weighted by Gasteiger charge is -2.34. The minimum atomic E-state index is -0.420. The molecule has 0 spiro atoms. The van der Waals surface area contributed by atoms with E-state index in [-0.39, 0.29) is 5.82 Å². The van der Waals surface area contributed by atoms with Crippen LogP contribution in [0.15, 0.2) is 17.1 Å². The predicted octanol–water partition coefficient (Wildman–Crippen LogP) is 2.40. The molecule has 18 heavy (non-hydrogen) atoms. The third-order valence-electron chi connectivity index (χ3n) is 3.52. The Bertz CT molecular complexity index is 532. The fourth-order valence-electron chi connectivity index (χ4n) is 2.41. The van der Waals surface area contributed by atoms with E-state index in [9.17, 15) is 4.39 Å². The first kappa shape index (κ1) is 11.5. The summed E-state index contributed by atoms with van der Waals surface area (Å²) in [6, 6.07) is 3.09. The van der Waals surface area contributed by atoms with Gasteiger partial charge in [-0.25, -0.2) is 15.2 Å². The number of hydrogen-bond donors (Lipinski definition) is 3. The van der Waals surface area contributed by atoms with Crippen LogP contribution in [0, 0.1) is 5.82 Å². The van der Waals surface area contributed by atoms with Gasteiger partial charge in [-0.3, -0.25) is 0 Å². The highest BCUT2D eigenvalue weighted by Crippen LogP contribution is 2.48. The van der Waals surface area contributed by atoms with E-state index in [1.54, 1.807) is 6.07 Å². The SMILES string of the molecule is CC1(C)Nc2cc(F)cc(C3CC3)c2N=C1NN. The van der Waals surface area contributed by atoms with E-state index < -0.39 is 5.54 Å². The number of hydrazine groups is 1. The molecule has 1 fully saturated rings. The Morgan fingerprint density at radius 1 is 1.44 bits per heavy atom. The molecule has 4 N–H and O–H groups in total. The Labute approximate surface area is 105 Å². The van der Waals surface area contributed by atoms with Crippen LogP contribution in [0.2, 0.25) is 0 Å². The van der Waals surface area contributed by atoms with Crippen LogP contribution in [0.25, 0.3) is 0 Å². The predicted molar refractivity (Wildman–Crippen MR) is 70.5 cm³/mol. The van der Waals surface area contributed by atoms with Gasteiger partial charge < -0.3 is 10.7 Å². The first-order chi connectivity index (χ1) is 8.51. The van der Waals surface area contributed by atoms with E-state index in [1.165, 1.54) is 6.07 Å². The summed E-state index contributed by atoms with van der Waals surface area (Å²) in [5.74, 6) is 6.42. The minimum Gasteiger partial charge on any atom is -0.371 e. The van der Waals surface area contributed by atoms with E-state index in [2.05, 4.69) is 15.7 Å². The number of amidine groups is 1. The Balaban J connectivity index is 2.16. The highest BCUT2D eigenvalue weighted by atomic mass is 19.1. The van der Waals surface area contributed by atoms with Crippen molar-refractivity contribution in [2.24, 2.45) is 10.8 Å². The molecule has 0 unspecified atom stereocenters. The van der Waals surface area contributed by atoms with Gasteiger partial charge in [0.15, 0.2) is 0 Å².